The van der Waals surface area contributed by atoms with Crippen molar-refractivity contribution in [2.24, 2.45) is 0 Å². The van der Waals surface area contributed by atoms with Crippen molar-refractivity contribution >= 4 is 142 Å². The molecule has 0 saturated heterocycles. The summed E-state index contributed by atoms with van der Waals surface area (Å²) in [5, 5.41) is 5.30. The summed E-state index contributed by atoms with van der Waals surface area (Å²) < 4.78 is 2.59. The summed E-state index contributed by atoms with van der Waals surface area (Å²) in [6, 6.07) is 70.7. The number of anilines is 6. The van der Waals surface area contributed by atoms with Gasteiger partial charge in [-0.15, -0.1) is 0 Å². The van der Waals surface area contributed by atoms with Gasteiger partial charge in [-0.05, 0) is 94.6 Å². The maximum absolute atomic E-state index is 2.59. The summed E-state index contributed by atoms with van der Waals surface area (Å²) in [6.07, 6.45) is 0. The summed E-state index contributed by atoms with van der Waals surface area (Å²) in [4.78, 5) is 10.3. The number of para-hydroxylation sites is 5. The minimum absolute atomic E-state index is 0.143. The van der Waals surface area contributed by atoms with Gasteiger partial charge in [0.05, 0.1) is 16.6 Å². The van der Waals surface area contributed by atoms with Gasteiger partial charge in [0.25, 0.3) is 0 Å². The zero-order chi connectivity index (χ0) is 39.5. The Morgan fingerprint density at radius 2 is 0.754 bits per heavy atom. The first kappa shape index (κ1) is 33.0. The molecule has 6 heterocycles. The predicted octanol–water partition coefficient (Wildman–Crippen LogP) is 10.4. The Kier molecular flexibility index (Phi) is 6.46. The average molecular weight is 808 g/mol. The van der Waals surface area contributed by atoms with E-state index < -0.39 is 0 Å². The van der Waals surface area contributed by atoms with Crippen LogP contribution in [0, 0.1) is 0 Å². The second kappa shape index (κ2) is 11.9. The highest BCUT2D eigenvalue weighted by atomic mass is 32.2. The van der Waals surface area contributed by atoms with E-state index in [4.69, 9.17) is 0 Å². The van der Waals surface area contributed by atoms with Crippen LogP contribution in [0.1, 0.15) is 0 Å². The lowest BCUT2D eigenvalue weighted by Crippen LogP contribution is -2.59. The molecule has 0 atom stereocenters. The van der Waals surface area contributed by atoms with E-state index in [-0.39, 0.29) is 13.4 Å². The number of aromatic nitrogens is 1. The van der Waals surface area contributed by atoms with Crippen LogP contribution in [0.2, 0.25) is 0 Å². The molecule has 0 unspecified atom stereocenters. The minimum atomic E-state index is 0.143. The van der Waals surface area contributed by atoms with Crippen molar-refractivity contribution in [2.75, 3.05) is 9.80 Å². The van der Waals surface area contributed by atoms with Crippen LogP contribution in [0.3, 0.4) is 0 Å². The molecule has 0 fully saturated rings. The van der Waals surface area contributed by atoms with E-state index in [0.717, 1.165) is 0 Å². The summed E-state index contributed by atoms with van der Waals surface area (Å²) in [5.74, 6) is 0. The maximum atomic E-state index is 2.59. The molecule has 0 saturated carbocycles. The summed E-state index contributed by atoms with van der Waals surface area (Å²) >= 11 is 3.87. The molecule has 0 bridgehead atoms. The summed E-state index contributed by atoms with van der Waals surface area (Å²) in [7, 11) is 0. The molecule has 4 aliphatic rings. The molecule has 11 aromatic rings. The van der Waals surface area contributed by atoms with Crippen LogP contribution in [0.15, 0.2) is 208 Å². The highest BCUT2D eigenvalue weighted by Crippen LogP contribution is 2.47. The van der Waals surface area contributed by atoms with E-state index in [1.165, 1.54) is 125 Å². The summed E-state index contributed by atoms with van der Waals surface area (Å²) in [5.41, 5.74) is 19.7. The van der Waals surface area contributed by atoms with Crippen molar-refractivity contribution in [2.45, 2.75) is 19.6 Å². The number of hydrogen-bond acceptors (Lipinski definition) is 4. The van der Waals surface area contributed by atoms with Crippen LogP contribution in [0.5, 0.6) is 0 Å². The van der Waals surface area contributed by atoms with Crippen LogP contribution in [-0.4, -0.2) is 17.8 Å². The first-order valence-corrected chi connectivity index (χ1v) is 22.7. The fourth-order valence-electron chi connectivity index (χ4n) is 11.4. The van der Waals surface area contributed by atoms with E-state index in [2.05, 4.69) is 202 Å². The molecule has 0 amide bonds. The van der Waals surface area contributed by atoms with E-state index in [9.17, 15) is 0 Å². The number of nitrogens with zero attached hydrogens (tertiary/aromatic N) is 3. The fraction of sp³-hybridized carbons (Fsp3) is 0. The molecule has 280 valence electrons. The van der Waals surface area contributed by atoms with Gasteiger partial charge in [-0.25, -0.2) is 0 Å². The average Bonchev–Trinajstić information content (AvgIpc) is 3.81. The van der Waals surface area contributed by atoms with E-state index >= 15 is 0 Å². The smallest absolute Gasteiger partial charge is 0.249 e. The zero-order valence-electron chi connectivity index (χ0n) is 32.7. The van der Waals surface area contributed by atoms with E-state index in [0.29, 0.717) is 0 Å². The fourth-order valence-corrected chi connectivity index (χ4v) is 13.8. The molecule has 61 heavy (non-hydrogen) atoms. The van der Waals surface area contributed by atoms with E-state index in [1.54, 1.807) is 0 Å². The number of benzene rings is 9. The van der Waals surface area contributed by atoms with Gasteiger partial charge in [-0.3, -0.25) is 0 Å². The van der Waals surface area contributed by atoms with Gasteiger partial charge in [0.15, 0.2) is 0 Å². The molecule has 0 radical (unpaired) electrons. The topological polar surface area (TPSA) is 10.9 Å². The van der Waals surface area contributed by atoms with Crippen molar-refractivity contribution in [3.8, 4) is 0 Å². The third-order valence-electron chi connectivity index (χ3n) is 13.8. The molecule has 0 spiro atoms. The highest BCUT2D eigenvalue weighted by Gasteiger charge is 2.43. The number of hydrogen-bond donors (Lipinski definition) is 0. The third-order valence-corrected chi connectivity index (χ3v) is 16.1. The van der Waals surface area contributed by atoms with Crippen LogP contribution < -0.4 is 42.6 Å². The van der Waals surface area contributed by atoms with E-state index in [1.807, 2.05) is 23.5 Å². The third kappa shape index (κ3) is 4.25. The van der Waals surface area contributed by atoms with Gasteiger partial charge in [0, 0.05) is 75.3 Å². The lowest BCUT2D eigenvalue weighted by Gasteiger charge is -2.40. The van der Waals surface area contributed by atoms with Crippen LogP contribution in [0.25, 0.3) is 38.1 Å². The van der Waals surface area contributed by atoms with Crippen molar-refractivity contribution in [3.05, 3.63) is 188 Å². The lowest BCUT2D eigenvalue weighted by atomic mass is 9.35. The molecule has 9 aromatic carbocycles. The Balaban J connectivity index is 0.952. The van der Waals surface area contributed by atoms with Gasteiger partial charge in [-0.1, -0.05) is 150 Å². The Labute approximate surface area is 361 Å². The monoisotopic (exact) mass is 807 g/mol. The first-order valence-electron chi connectivity index (χ1n) is 21.1. The SMILES string of the molecule is c1ccc(N2c3ccccc3B3c4cc5c6cccc7c8cc9c(cc8n(c5cc4Sc4cccc2c43)c67)Sc2cccc3c2B9c2ccccc2N3c2ccccc2)cc1. The number of fused-ring (bicyclic) bond motifs is 14. The Morgan fingerprint density at radius 1 is 0.328 bits per heavy atom. The Morgan fingerprint density at radius 3 is 1.25 bits per heavy atom. The highest BCUT2D eigenvalue weighted by molar-refractivity contribution is 8.00. The minimum Gasteiger partial charge on any atom is -0.311 e. The van der Waals surface area contributed by atoms with Gasteiger partial charge in [0.2, 0.25) is 13.4 Å². The van der Waals surface area contributed by atoms with Gasteiger partial charge in [-0.2, -0.15) is 0 Å². The van der Waals surface area contributed by atoms with Crippen LogP contribution in [0.4, 0.5) is 34.1 Å². The quantitative estimate of drug-likeness (QED) is 0.161. The number of rotatable bonds is 2. The standard InChI is InChI=1S/C54H31B2N3S2/c1-3-14-32(15-4-1)57-42-22-9-7-20-38(42)55-40-28-36-34-18-11-19-35-37-29-41-51(31-47(37)59(54(34)35)46(36)30-50(40)60-48-26-12-24-44(57)52(48)55)61-49-27-13-25-45-53(49)56(41)39-21-8-10-23-43(39)58(45)33-16-5-2-6-17-33/h1-31H. The molecule has 7 heteroatoms. The van der Waals surface area contributed by atoms with Gasteiger partial charge < -0.3 is 14.2 Å². The van der Waals surface area contributed by atoms with Crippen LogP contribution in [-0.2, 0) is 0 Å². The first-order chi connectivity index (χ1) is 30.3. The molecule has 2 aromatic heterocycles. The van der Waals surface area contributed by atoms with Crippen molar-refractivity contribution in [3.63, 3.8) is 0 Å². The molecular weight excluding hydrogens is 776 g/mol. The van der Waals surface area contributed by atoms with Crippen molar-refractivity contribution in [1.82, 2.24) is 4.40 Å². The van der Waals surface area contributed by atoms with Crippen molar-refractivity contribution in [1.29, 1.82) is 0 Å². The molecule has 3 nitrogen and oxygen atoms in total. The normalized spacial score (nSPS) is 14.3. The molecule has 0 aliphatic carbocycles. The Bertz CT molecular complexity index is 3460. The molecular formula is C54H31B2N3S2. The predicted molar refractivity (Wildman–Crippen MR) is 261 cm³/mol. The Hall–Kier alpha value is -6.79. The second-order valence-corrected chi connectivity index (χ2v) is 18.9. The van der Waals surface area contributed by atoms with Gasteiger partial charge >= 0.3 is 0 Å². The molecule has 15 rings (SSSR count). The second-order valence-electron chi connectivity index (χ2n) is 16.8. The van der Waals surface area contributed by atoms with Crippen molar-refractivity contribution < 1.29 is 0 Å². The maximum Gasteiger partial charge on any atom is 0.249 e. The summed E-state index contributed by atoms with van der Waals surface area (Å²) in [6.45, 7) is 0.286. The zero-order valence-corrected chi connectivity index (χ0v) is 34.3. The molecule has 0 N–H and O–H groups in total. The van der Waals surface area contributed by atoms with Crippen LogP contribution >= 0.6 is 23.5 Å². The largest absolute Gasteiger partial charge is 0.311 e. The lowest BCUT2D eigenvalue weighted by molar-refractivity contribution is 1.27. The molecule has 4 aliphatic heterocycles. The van der Waals surface area contributed by atoms with Gasteiger partial charge in [0.1, 0.15) is 0 Å².